The first kappa shape index (κ1) is 19.8. The van der Waals surface area contributed by atoms with Crippen LogP contribution in [0.25, 0.3) is 5.69 Å². The van der Waals surface area contributed by atoms with Crippen molar-refractivity contribution in [2.24, 2.45) is 0 Å². The van der Waals surface area contributed by atoms with Crippen molar-refractivity contribution in [2.45, 2.75) is 18.1 Å². The van der Waals surface area contributed by atoms with Gasteiger partial charge < -0.3 is 19.8 Å². The number of thioether (sulfide) groups is 1. The summed E-state index contributed by atoms with van der Waals surface area (Å²) in [6, 6.07) is 12.1. The second kappa shape index (κ2) is 8.91. The fourth-order valence-electron chi connectivity index (χ4n) is 3.17. The van der Waals surface area contributed by atoms with Gasteiger partial charge in [0.05, 0.1) is 18.4 Å². The largest absolute Gasteiger partial charge is 0.467 e. The third kappa shape index (κ3) is 4.11. The number of furan rings is 1. The summed E-state index contributed by atoms with van der Waals surface area (Å²) in [6.45, 7) is 1.96. The van der Waals surface area contributed by atoms with Crippen LogP contribution in [0.5, 0.6) is 0 Å². The SMILES string of the molecule is CCOC(=O)C1=C(CSc2nccn2-c2ccccc2)NC(=O)N[C@H]1c1ccco1. The van der Waals surface area contributed by atoms with Gasteiger partial charge in [-0.1, -0.05) is 30.0 Å². The zero-order valence-electron chi connectivity index (χ0n) is 16.2. The summed E-state index contributed by atoms with van der Waals surface area (Å²) in [5.41, 5.74) is 1.75. The van der Waals surface area contributed by atoms with E-state index in [4.69, 9.17) is 9.15 Å². The van der Waals surface area contributed by atoms with Gasteiger partial charge in [-0.25, -0.2) is 14.6 Å². The number of urea groups is 1. The van der Waals surface area contributed by atoms with Gasteiger partial charge in [-0.3, -0.25) is 4.57 Å². The molecule has 3 heterocycles. The fraction of sp³-hybridized carbons (Fsp3) is 0.190. The molecule has 3 aromatic rings. The fourth-order valence-corrected chi connectivity index (χ4v) is 4.11. The first-order chi connectivity index (χ1) is 14.7. The second-order valence-corrected chi connectivity index (χ2v) is 7.31. The van der Waals surface area contributed by atoms with Crippen LogP contribution in [0.2, 0.25) is 0 Å². The molecule has 0 spiro atoms. The van der Waals surface area contributed by atoms with Crippen LogP contribution in [0.4, 0.5) is 4.79 Å². The molecule has 0 saturated heterocycles. The summed E-state index contributed by atoms with van der Waals surface area (Å²) >= 11 is 1.41. The highest BCUT2D eigenvalue weighted by molar-refractivity contribution is 7.99. The van der Waals surface area contributed by atoms with E-state index in [1.165, 1.54) is 18.0 Å². The standard InChI is InChI=1S/C21H20N4O4S/c1-2-28-19(26)17-15(23-20(27)24-18(17)16-9-6-12-29-16)13-30-21-22-10-11-25(21)14-7-4-3-5-8-14/h3-12,18H,2,13H2,1H3,(H2,23,24,27)/t18-/m0/s1. The lowest BCUT2D eigenvalue weighted by atomic mass is 10.0. The topological polar surface area (TPSA) is 98.4 Å². The van der Waals surface area contributed by atoms with Gasteiger partial charge in [-0.05, 0) is 31.2 Å². The van der Waals surface area contributed by atoms with Crippen molar-refractivity contribution >= 4 is 23.8 Å². The van der Waals surface area contributed by atoms with E-state index >= 15 is 0 Å². The summed E-state index contributed by atoms with van der Waals surface area (Å²) in [5, 5.41) is 6.22. The van der Waals surface area contributed by atoms with Crippen LogP contribution in [0.15, 0.2) is 82.0 Å². The van der Waals surface area contributed by atoms with Gasteiger partial charge in [0.2, 0.25) is 0 Å². The number of aromatic nitrogens is 2. The van der Waals surface area contributed by atoms with Crippen LogP contribution >= 0.6 is 11.8 Å². The average molecular weight is 424 g/mol. The van der Waals surface area contributed by atoms with Crippen molar-refractivity contribution < 1.29 is 18.7 Å². The van der Waals surface area contributed by atoms with Crippen LogP contribution in [0, 0.1) is 0 Å². The van der Waals surface area contributed by atoms with E-state index in [0.717, 1.165) is 10.8 Å². The highest BCUT2D eigenvalue weighted by atomic mass is 32.2. The van der Waals surface area contributed by atoms with E-state index in [-0.39, 0.29) is 6.61 Å². The smallest absolute Gasteiger partial charge is 0.338 e. The molecule has 2 amide bonds. The maximum absolute atomic E-state index is 12.7. The Labute approximate surface area is 177 Å². The number of benzene rings is 1. The Balaban J connectivity index is 1.65. The molecule has 0 unspecified atom stereocenters. The molecule has 2 aromatic heterocycles. The number of nitrogens with zero attached hydrogens (tertiary/aromatic N) is 2. The van der Waals surface area contributed by atoms with E-state index < -0.39 is 18.0 Å². The Morgan fingerprint density at radius 1 is 1.27 bits per heavy atom. The van der Waals surface area contributed by atoms with Gasteiger partial charge in [0.25, 0.3) is 0 Å². The van der Waals surface area contributed by atoms with Crippen molar-refractivity contribution in [3.05, 3.63) is 78.2 Å². The van der Waals surface area contributed by atoms with Gasteiger partial charge in [0, 0.05) is 29.5 Å². The molecule has 1 aliphatic rings. The predicted octanol–water partition coefficient (Wildman–Crippen LogP) is 3.43. The van der Waals surface area contributed by atoms with Gasteiger partial charge in [-0.15, -0.1) is 0 Å². The molecule has 30 heavy (non-hydrogen) atoms. The molecule has 4 rings (SSSR count). The molecule has 0 bridgehead atoms. The van der Waals surface area contributed by atoms with E-state index in [1.54, 1.807) is 25.3 Å². The number of nitrogens with one attached hydrogen (secondary N) is 2. The van der Waals surface area contributed by atoms with E-state index in [1.807, 2.05) is 41.1 Å². The number of imidazole rings is 1. The maximum atomic E-state index is 12.7. The third-order valence-electron chi connectivity index (χ3n) is 4.46. The molecular formula is C21H20N4O4S. The van der Waals surface area contributed by atoms with Crippen LogP contribution in [0.1, 0.15) is 18.7 Å². The molecular weight excluding hydrogens is 404 g/mol. The minimum atomic E-state index is -0.725. The Kier molecular flexibility index (Phi) is 5.89. The number of esters is 1. The molecule has 2 N–H and O–H groups in total. The van der Waals surface area contributed by atoms with E-state index in [9.17, 15) is 9.59 Å². The quantitative estimate of drug-likeness (QED) is 0.445. The molecule has 0 saturated carbocycles. The monoisotopic (exact) mass is 424 g/mol. The number of carbonyl (C=O) groups is 2. The van der Waals surface area contributed by atoms with Gasteiger partial charge in [0.15, 0.2) is 5.16 Å². The molecule has 1 aromatic carbocycles. The number of ether oxygens (including phenoxy) is 1. The van der Waals surface area contributed by atoms with Crippen molar-refractivity contribution in [1.82, 2.24) is 20.2 Å². The van der Waals surface area contributed by atoms with Crippen molar-refractivity contribution in [2.75, 3.05) is 12.4 Å². The number of hydrogen-bond donors (Lipinski definition) is 2. The Morgan fingerprint density at radius 3 is 2.83 bits per heavy atom. The summed E-state index contributed by atoms with van der Waals surface area (Å²) in [7, 11) is 0. The summed E-state index contributed by atoms with van der Waals surface area (Å²) < 4.78 is 12.6. The summed E-state index contributed by atoms with van der Waals surface area (Å²) in [5.74, 6) is 0.275. The minimum Gasteiger partial charge on any atom is -0.467 e. The molecule has 0 radical (unpaired) electrons. The van der Waals surface area contributed by atoms with Crippen LogP contribution in [-0.2, 0) is 9.53 Å². The molecule has 1 atom stereocenters. The molecule has 0 fully saturated rings. The number of rotatable bonds is 7. The lowest BCUT2D eigenvalue weighted by molar-refractivity contribution is -0.139. The predicted molar refractivity (Wildman–Crippen MR) is 111 cm³/mol. The zero-order valence-corrected chi connectivity index (χ0v) is 17.0. The van der Waals surface area contributed by atoms with Gasteiger partial charge >= 0.3 is 12.0 Å². The zero-order chi connectivity index (χ0) is 20.9. The van der Waals surface area contributed by atoms with Crippen LogP contribution < -0.4 is 10.6 Å². The lowest BCUT2D eigenvalue weighted by Crippen LogP contribution is -2.46. The van der Waals surface area contributed by atoms with Gasteiger partial charge in [0.1, 0.15) is 11.8 Å². The molecule has 0 aliphatic carbocycles. The lowest BCUT2D eigenvalue weighted by Gasteiger charge is -2.27. The molecule has 154 valence electrons. The normalized spacial score (nSPS) is 16.2. The number of hydrogen-bond acceptors (Lipinski definition) is 6. The first-order valence-electron chi connectivity index (χ1n) is 9.40. The average Bonchev–Trinajstić information content (AvgIpc) is 3.44. The van der Waals surface area contributed by atoms with E-state index in [2.05, 4.69) is 15.6 Å². The maximum Gasteiger partial charge on any atom is 0.338 e. The number of carbonyl (C=O) groups excluding carboxylic acids is 2. The van der Waals surface area contributed by atoms with Gasteiger partial charge in [-0.2, -0.15) is 0 Å². The van der Waals surface area contributed by atoms with E-state index in [0.29, 0.717) is 22.8 Å². The third-order valence-corrected chi connectivity index (χ3v) is 5.46. The van der Waals surface area contributed by atoms with Crippen molar-refractivity contribution in [3.8, 4) is 5.69 Å². The second-order valence-electron chi connectivity index (χ2n) is 6.36. The number of para-hydroxylation sites is 1. The van der Waals surface area contributed by atoms with Crippen molar-refractivity contribution in [3.63, 3.8) is 0 Å². The molecule has 8 nitrogen and oxygen atoms in total. The highest BCUT2D eigenvalue weighted by Gasteiger charge is 2.35. The molecule has 9 heteroatoms. The van der Waals surface area contributed by atoms with Crippen molar-refractivity contribution in [1.29, 1.82) is 0 Å². The first-order valence-corrected chi connectivity index (χ1v) is 10.4. The molecule has 1 aliphatic heterocycles. The number of amides is 2. The highest BCUT2D eigenvalue weighted by Crippen LogP contribution is 2.31. The minimum absolute atomic E-state index is 0.222. The Bertz CT molecular complexity index is 1060. The Morgan fingerprint density at radius 2 is 2.10 bits per heavy atom. The Hall–Kier alpha value is -3.46. The summed E-state index contributed by atoms with van der Waals surface area (Å²) in [4.78, 5) is 29.4. The van der Waals surface area contributed by atoms with Crippen LogP contribution in [-0.4, -0.2) is 33.9 Å². The van der Waals surface area contributed by atoms with Crippen LogP contribution in [0.3, 0.4) is 0 Å². The summed E-state index contributed by atoms with van der Waals surface area (Å²) in [6.07, 6.45) is 5.07.